The number of hydrogen-bond acceptors (Lipinski definition) is 5. The number of carbonyl (C=O) groups is 1. The number of halogens is 2. The van der Waals surface area contributed by atoms with Crippen LogP contribution < -0.4 is 19.5 Å². The van der Waals surface area contributed by atoms with Crippen molar-refractivity contribution in [3.05, 3.63) is 86.9 Å². The van der Waals surface area contributed by atoms with Crippen LogP contribution in [0.3, 0.4) is 0 Å². The van der Waals surface area contributed by atoms with Crippen molar-refractivity contribution in [2.24, 2.45) is 0 Å². The summed E-state index contributed by atoms with van der Waals surface area (Å²) in [5, 5.41) is 12.6. The minimum atomic E-state index is -0.540. The monoisotopic (exact) mass is 554 g/mol. The first-order chi connectivity index (χ1) is 16.9. The highest BCUT2D eigenvalue weighted by Crippen LogP contribution is 2.38. The molecule has 0 fully saturated rings. The van der Waals surface area contributed by atoms with Gasteiger partial charge < -0.3 is 19.5 Å². The molecule has 0 heterocycles. The van der Waals surface area contributed by atoms with Crippen LogP contribution in [-0.2, 0) is 11.4 Å². The van der Waals surface area contributed by atoms with Gasteiger partial charge in [0, 0.05) is 10.2 Å². The number of amides is 1. The fraction of sp³-hybridized carbons (Fsp3) is 0.185. The molecular formula is C27H24BrClN2O4. The first-order valence-corrected chi connectivity index (χ1v) is 12.1. The second kappa shape index (κ2) is 12.8. The van der Waals surface area contributed by atoms with Gasteiger partial charge in [-0.3, -0.25) is 4.79 Å². The van der Waals surface area contributed by atoms with Crippen molar-refractivity contribution in [3.8, 4) is 23.3 Å². The van der Waals surface area contributed by atoms with Gasteiger partial charge in [0.05, 0.1) is 18.2 Å². The first-order valence-electron chi connectivity index (χ1n) is 10.9. The van der Waals surface area contributed by atoms with Gasteiger partial charge in [-0.1, -0.05) is 39.7 Å². The lowest BCUT2D eigenvalue weighted by Crippen LogP contribution is -2.13. The smallest absolute Gasteiger partial charge is 0.266 e. The van der Waals surface area contributed by atoms with Crippen molar-refractivity contribution in [2.45, 2.75) is 20.5 Å². The Bertz CT molecular complexity index is 1240. The van der Waals surface area contributed by atoms with Gasteiger partial charge in [-0.25, -0.2) is 0 Å². The number of nitriles is 1. The lowest BCUT2D eigenvalue weighted by molar-refractivity contribution is -0.112. The second-order valence-electron chi connectivity index (χ2n) is 7.26. The van der Waals surface area contributed by atoms with Crippen molar-refractivity contribution in [1.29, 1.82) is 5.26 Å². The van der Waals surface area contributed by atoms with Gasteiger partial charge in [0.1, 0.15) is 24.0 Å². The number of benzene rings is 3. The summed E-state index contributed by atoms with van der Waals surface area (Å²) in [6, 6.07) is 19.9. The summed E-state index contributed by atoms with van der Waals surface area (Å²) in [5.41, 5.74) is 1.96. The van der Waals surface area contributed by atoms with Crippen molar-refractivity contribution >= 4 is 45.2 Å². The molecule has 0 spiro atoms. The zero-order valence-corrected chi connectivity index (χ0v) is 21.7. The molecule has 35 heavy (non-hydrogen) atoms. The van der Waals surface area contributed by atoms with E-state index in [1.807, 2.05) is 44.2 Å². The third kappa shape index (κ3) is 7.51. The Morgan fingerprint density at radius 2 is 1.71 bits per heavy atom. The summed E-state index contributed by atoms with van der Waals surface area (Å²) in [6.45, 7) is 4.98. The van der Waals surface area contributed by atoms with Crippen LogP contribution in [0.2, 0.25) is 5.02 Å². The first kappa shape index (κ1) is 26.1. The second-order valence-corrected chi connectivity index (χ2v) is 8.58. The molecule has 0 saturated carbocycles. The Hall–Kier alpha value is -3.47. The number of rotatable bonds is 10. The molecule has 0 unspecified atom stereocenters. The van der Waals surface area contributed by atoms with E-state index >= 15 is 0 Å². The Morgan fingerprint density at radius 3 is 2.34 bits per heavy atom. The Kier molecular flexibility index (Phi) is 9.59. The largest absolute Gasteiger partial charge is 0.494 e. The van der Waals surface area contributed by atoms with Crippen LogP contribution in [0.1, 0.15) is 25.0 Å². The highest BCUT2D eigenvalue weighted by molar-refractivity contribution is 9.10. The summed E-state index contributed by atoms with van der Waals surface area (Å²) >= 11 is 9.91. The van der Waals surface area contributed by atoms with E-state index in [1.54, 1.807) is 36.4 Å². The normalized spacial score (nSPS) is 10.9. The molecule has 0 aliphatic heterocycles. The molecule has 0 bridgehead atoms. The van der Waals surface area contributed by atoms with Gasteiger partial charge in [0.2, 0.25) is 0 Å². The van der Waals surface area contributed by atoms with Crippen LogP contribution in [0, 0.1) is 11.3 Å². The maximum atomic E-state index is 12.7. The van der Waals surface area contributed by atoms with Gasteiger partial charge in [0.25, 0.3) is 5.91 Å². The fourth-order valence-corrected chi connectivity index (χ4v) is 3.66. The quantitative estimate of drug-likeness (QED) is 0.215. The molecule has 180 valence electrons. The number of nitrogens with one attached hydrogen (secondary N) is 1. The van der Waals surface area contributed by atoms with Crippen LogP contribution >= 0.6 is 27.5 Å². The number of anilines is 1. The zero-order chi connectivity index (χ0) is 25.2. The summed E-state index contributed by atoms with van der Waals surface area (Å²) in [7, 11) is 0. The van der Waals surface area contributed by atoms with E-state index in [0.717, 1.165) is 10.0 Å². The summed E-state index contributed by atoms with van der Waals surface area (Å²) < 4.78 is 18.0. The van der Waals surface area contributed by atoms with E-state index < -0.39 is 5.91 Å². The maximum absolute atomic E-state index is 12.7. The fourth-order valence-electron chi connectivity index (χ4n) is 3.13. The van der Waals surface area contributed by atoms with Crippen molar-refractivity contribution in [1.82, 2.24) is 0 Å². The maximum Gasteiger partial charge on any atom is 0.266 e. The van der Waals surface area contributed by atoms with E-state index in [9.17, 15) is 10.1 Å². The molecule has 1 N–H and O–H groups in total. The molecule has 0 aliphatic rings. The van der Waals surface area contributed by atoms with Crippen LogP contribution in [-0.4, -0.2) is 19.1 Å². The van der Waals surface area contributed by atoms with Crippen LogP contribution in [0.5, 0.6) is 17.2 Å². The van der Waals surface area contributed by atoms with E-state index in [4.69, 9.17) is 25.8 Å². The molecule has 0 saturated heterocycles. The number of nitrogens with zero attached hydrogens (tertiary/aromatic N) is 1. The molecule has 3 aromatic rings. The van der Waals surface area contributed by atoms with Crippen molar-refractivity contribution < 1.29 is 19.0 Å². The molecule has 6 nitrogen and oxygen atoms in total. The lowest BCUT2D eigenvalue weighted by Gasteiger charge is -2.15. The standard InChI is InChI=1S/C27H24BrClN2O4/c1-3-33-23-11-9-22(10-12-23)31-27(32)20(16-30)13-19-14-24(29)26(25(15-19)34-4-2)35-17-18-5-7-21(28)8-6-18/h5-15H,3-4,17H2,1-2H3,(H,31,32). The SMILES string of the molecule is CCOc1ccc(NC(=O)C(C#N)=Cc2cc(Cl)c(OCc3ccc(Br)cc3)c(OCC)c2)cc1. The Morgan fingerprint density at radius 1 is 1.03 bits per heavy atom. The summed E-state index contributed by atoms with van der Waals surface area (Å²) in [5.74, 6) is 0.974. The van der Waals surface area contributed by atoms with Crippen LogP contribution in [0.4, 0.5) is 5.69 Å². The van der Waals surface area contributed by atoms with E-state index in [1.165, 1.54) is 6.08 Å². The van der Waals surface area contributed by atoms with Gasteiger partial charge in [-0.05, 0) is 79.6 Å². The lowest BCUT2D eigenvalue weighted by atomic mass is 10.1. The minimum Gasteiger partial charge on any atom is -0.494 e. The molecule has 3 aromatic carbocycles. The van der Waals surface area contributed by atoms with Gasteiger partial charge in [0.15, 0.2) is 11.5 Å². The van der Waals surface area contributed by atoms with E-state index in [2.05, 4.69) is 21.2 Å². The number of ether oxygens (including phenoxy) is 3. The van der Waals surface area contributed by atoms with Crippen LogP contribution in [0.15, 0.2) is 70.7 Å². The third-order valence-corrected chi connectivity index (χ3v) is 5.54. The van der Waals surface area contributed by atoms with Crippen molar-refractivity contribution in [3.63, 3.8) is 0 Å². The predicted molar refractivity (Wildman–Crippen MR) is 141 cm³/mol. The van der Waals surface area contributed by atoms with E-state index in [-0.39, 0.29) is 5.57 Å². The number of hydrogen-bond donors (Lipinski definition) is 1. The molecule has 0 radical (unpaired) electrons. The predicted octanol–water partition coefficient (Wildman–Crippen LogP) is 7.02. The van der Waals surface area contributed by atoms with Crippen molar-refractivity contribution in [2.75, 3.05) is 18.5 Å². The zero-order valence-electron chi connectivity index (χ0n) is 19.3. The summed E-state index contributed by atoms with van der Waals surface area (Å²) in [6.07, 6.45) is 1.46. The van der Waals surface area contributed by atoms with Gasteiger partial charge in [-0.15, -0.1) is 0 Å². The molecule has 0 aliphatic carbocycles. The van der Waals surface area contributed by atoms with Gasteiger partial charge >= 0.3 is 0 Å². The molecular weight excluding hydrogens is 532 g/mol. The molecule has 8 heteroatoms. The van der Waals surface area contributed by atoms with Gasteiger partial charge in [-0.2, -0.15) is 5.26 Å². The molecule has 0 aromatic heterocycles. The molecule has 0 atom stereocenters. The topological polar surface area (TPSA) is 80.6 Å². The Balaban J connectivity index is 1.79. The van der Waals surface area contributed by atoms with Crippen LogP contribution in [0.25, 0.3) is 6.08 Å². The highest BCUT2D eigenvalue weighted by atomic mass is 79.9. The molecule has 3 rings (SSSR count). The minimum absolute atomic E-state index is 0.0825. The summed E-state index contributed by atoms with van der Waals surface area (Å²) in [4.78, 5) is 12.7. The Labute approximate surface area is 218 Å². The third-order valence-electron chi connectivity index (χ3n) is 4.73. The molecule has 1 amide bonds. The number of carbonyl (C=O) groups excluding carboxylic acids is 1. The highest BCUT2D eigenvalue weighted by Gasteiger charge is 2.15. The van der Waals surface area contributed by atoms with E-state index in [0.29, 0.717) is 53.3 Å². The average Bonchev–Trinajstić information content (AvgIpc) is 2.84. The average molecular weight is 556 g/mol.